The van der Waals surface area contributed by atoms with E-state index >= 15 is 0 Å². The third-order valence-corrected chi connectivity index (χ3v) is 2.33. The molecule has 15 heavy (non-hydrogen) atoms. The van der Waals surface area contributed by atoms with Gasteiger partial charge >= 0.3 is 0 Å². The highest BCUT2D eigenvalue weighted by molar-refractivity contribution is 5.17. The lowest BCUT2D eigenvalue weighted by Gasteiger charge is -2.19. The third-order valence-electron chi connectivity index (χ3n) is 2.33. The highest BCUT2D eigenvalue weighted by Crippen LogP contribution is 2.18. The van der Waals surface area contributed by atoms with Gasteiger partial charge < -0.3 is 5.73 Å². The number of aryl methyl sites for hydroxylation is 1. The summed E-state index contributed by atoms with van der Waals surface area (Å²) in [4.78, 5) is 8.99. The summed E-state index contributed by atoms with van der Waals surface area (Å²) in [5.74, 6) is 1.16. The second kappa shape index (κ2) is 4.27. The van der Waals surface area contributed by atoms with Crippen LogP contribution in [0.3, 0.4) is 0 Å². The lowest BCUT2D eigenvalue weighted by Crippen LogP contribution is -2.32. The first-order chi connectivity index (χ1) is 6.84. The van der Waals surface area contributed by atoms with E-state index in [1.165, 1.54) is 0 Å². The third kappa shape index (κ3) is 2.99. The minimum absolute atomic E-state index is 0.416. The van der Waals surface area contributed by atoms with Crippen LogP contribution in [0.4, 0.5) is 0 Å². The molecule has 0 radical (unpaired) electrons. The van der Waals surface area contributed by atoms with Crippen LogP contribution in [0.5, 0.6) is 0 Å². The first-order valence-electron chi connectivity index (χ1n) is 5.51. The van der Waals surface area contributed by atoms with E-state index in [1.807, 2.05) is 13.8 Å². The van der Waals surface area contributed by atoms with Gasteiger partial charge in [-0.15, -0.1) is 0 Å². The number of aromatic nitrogens is 2. The van der Waals surface area contributed by atoms with Crippen molar-refractivity contribution in [2.45, 2.75) is 52.5 Å². The molecule has 0 aliphatic heterocycles. The SMILES string of the molecule is CCc1cc(C(C)C)nc(C(C)(C)N)n1. The molecule has 84 valence electrons. The number of nitrogens with zero attached hydrogens (tertiary/aromatic N) is 2. The van der Waals surface area contributed by atoms with Gasteiger partial charge in [0.2, 0.25) is 0 Å². The molecule has 0 bridgehead atoms. The zero-order valence-electron chi connectivity index (χ0n) is 10.3. The topological polar surface area (TPSA) is 51.8 Å². The first kappa shape index (κ1) is 12.1. The normalized spacial score (nSPS) is 12.2. The van der Waals surface area contributed by atoms with E-state index < -0.39 is 5.54 Å². The van der Waals surface area contributed by atoms with Crippen molar-refractivity contribution in [2.75, 3.05) is 0 Å². The highest BCUT2D eigenvalue weighted by atomic mass is 15.0. The fourth-order valence-corrected chi connectivity index (χ4v) is 1.28. The molecule has 1 aromatic heterocycles. The predicted octanol–water partition coefficient (Wildman–Crippen LogP) is 2.36. The summed E-state index contributed by atoms with van der Waals surface area (Å²) in [6, 6.07) is 2.07. The molecule has 0 amide bonds. The quantitative estimate of drug-likeness (QED) is 0.827. The smallest absolute Gasteiger partial charge is 0.148 e. The zero-order chi connectivity index (χ0) is 11.6. The number of hydrogen-bond donors (Lipinski definition) is 1. The van der Waals surface area contributed by atoms with Crippen molar-refractivity contribution in [3.63, 3.8) is 0 Å². The van der Waals surface area contributed by atoms with Gasteiger partial charge in [-0.25, -0.2) is 9.97 Å². The van der Waals surface area contributed by atoms with E-state index in [0.717, 1.165) is 23.6 Å². The van der Waals surface area contributed by atoms with Crippen LogP contribution in [0.25, 0.3) is 0 Å². The summed E-state index contributed by atoms with van der Waals surface area (Å²) in [5.41, 5.74) is 7.71. The maximum atomic E-state index is 6.02. The number of rotatable bonds is 3. The van der Waals surface area contributed by atoms with Crippen LogP contribution in [-0.4, -0.2) is 9.97 Å². The van der Waals surface area contributed by atoms with Gasteiger partial charge in [0.05, 0.1) is 5.54 Å². The van der Waals surface area contributed by atoms with Gasteiger partial charge in [0, 0.05) is 11.4 Å². The number of nitrogens with two attached hydrogens (primary N) is 1. The molecule has 0 fully saturated rings. The molecular formula is C12H21N3. The van der Waals surface area contributed by atoms with Crippen LogP contribution in [0.15, 0.2) is 6.07 Å². The van der Waals surface area contributed by atoms with Crippen molar-refractivity contribution in [2.24, 2.45) is 5.73 Å². The Morgan fingerprint density at radius 2 is 1.93 bits per heavy atom. The van der Waals surface area contributed by atoms with E-state index in [-0.39, 0.29) is 0 Å². The van der Waals surface area contributed by atoms with Gasteiger partial charge in [0.1, 0.15) is 5.82 Å². The van der Waals surface area contributed by atoms with Gasteiger partial charge in [0.25, 0.3) is 0 Å². The van der Waals surface area contributed by atoms with Crippen LogP contribution in [0, 0.1) is 0 Å². The molecule has 1 heterocycles. The largest absolute Gasteiger partial charge is 0.319 e. The van der Waals surface area contributed by atoms with Crippen LogP contribution in [0.2, 0.25) is 0 Å². The van der Waals surface area contributed by atoms with Crippen molar-refractivity contribution in [1.29, 1.82) is 0 Å². The summed E-state index contributed by atoms with van der Waals surface area (Å²) in [5, 5.41) is 0. The Morgan fingerprint density at radius 1 is 1.33 bits per heavy atom. The molecule has 2 N–H and O–H groups in total. The summed E-state index contributed by atoms with van der Waals surface area (Å²) in [7, 11) is 0. The monoisotopic (exact) mass is 207 g/mol. The maximum Gasteiger partial charge on any atom is 0.148 e. The fourth-order valence-electron chi connectivity index (χ4n) is 1.28. The summed E-state index contributed by atoms with van der Waals surface area (Å²) < 4.78 is 0. The van der Waals surface area contributed by atoms with Crippen molar-refractivity contribution < 1.29 is 0 Å². The Bertz CT molecular complexity index is 337. The molecule has 0 saturated heterocycles. The molecule has 1 rings (SSSR count). The fraction of sp³-hybridized carbons (Fsp3) is 0.667. The van der Waals surface area contributed by atoms with Gasteiger partial charge in [-0.1, -0.05) is 20.8 Å². The second-order valence-electron chi connectivity index (χ2n) is 4.84. The molecular weight excluding hydrogens is 186 g/mol. The molecule has 1 aromatic rings. The summed E-state index contributed by atoms with van der Waals surface area (Å²) in [6.07, 6.45) is 0.922. The minimum atomic E-state index is -0.463. The Hall–Kier alpha value is -0.960. The minimum Gasteiger partial charge on any atom is -0.319 e. The van der Waals surface area contributed by atoms with Crippen LogP contribution in [0.1, 0.15) is 57.7 Å². The van der Waals surface area contributed by atoms with Crippen LogP contribution in [-0.2, 0) is 12.0 Å². The van der Waals surface area contributed by atoms with Crippen molar-refractivity contribution in [3.8, 4) is 0 Å². The highest BCUT2D eigenvalue weighted by Gasteiger charge is 2.19. The molecule has 3 nitrogen and oxygen atoms in total. The Labute approximate surface area is 92.1 Å². The molecule has 0 atom stereocenters. The standard InChI is InChI=1S/C12H21N3/c1-6-9-7-10(8(2)3)15-11(14-9)12(4,5)13/h7-8H,6,13H2,1-5H3. The molecule has 3 heteroatoms. The van der Waals surface area contributed by atoms with Crippen molar-refractivity contribution in [1.82, 2.24) is 9.97 Å². The molecule has 0 saturated carbocycles. The Morgan fingerprint density at radius 3 is 2.33 bits per heavy atom. The van der Waals surface area contributed by atoms with E-state index in [0.29, 0.717) is 5.92 Å². The average molecular weight is 207 g/mol. The van der Waals surface area contributed by atoms with Crippen molar-refractivity contribution in [3.05, 3.63) is 23.3 Å². The maximum absolute atomic E-state index is 6.02. The van der Waals surface area contributed by atoms with Gasteiger partial charge in [-0.2, -0.15) is 0 Å². The number of hydrogen-bond acceptors (Lipinski definition) is 3. The van der Waals surface area contributed by atoms with Gasteiger partial charge in [0.15, 0.2) is 0 Å². The lowest BCUT2D eigenvalue weighted by atomic mass is 10.0. The Kier molecular flexibility index (Phi) is 3.45. The molecule has 0 aliphatic carbocycles. The summed E-state index contributed by atoms with van der Waals surface area (Å²) in [6.45, 7) is 10.2. The van der Waals surface area contributed by atoms with Crippen LogP contribution < -0.4 is 5.73 Å². The lowest BCUT2D eigenvalue weighted by molar-refractivity contribution is 0.505. The summed E-state index contributed by atoms with van der Waals surface area (Å²) >= 11 is 0. The van der Waals surface area contributed by atoms with E-state index in [9.17, 15) is 0 Å². The zero-order valence-corrected chi connectivity index (χ0v) is 10.3. The molecule has 0 aliphatic rings. The van der Waals surface area contributed by atoms with Crippen LogP contribution >= 0.6 is 0 Å². The van der Waals surface area contributed by atoms with E-state index in [2.05, 4.69) is 36.8 Å². The first-order valence-corrected chi connectivity index (χ1v) is 5.51. The van der Waals surface area contributed by atoms with E-state index in [1.54, 1.807) is 0 Å². The molecule has 0 unspecified atom stereocenters. The average Bonchev–Trinajstić information content (AvgIpc) is 2.15. The Balaban J connectivity index is 3.23. The predicted molar refractivity (Wildman–Crippen MR) is 62.7 cm³/mol. The van der Waals surface area contributed by atoms with Gasteiger partial charge in [-0.3, -0.25) is 0 Å². The van der Waals surface area contributed by atoms with E-state index in [4.69, 9.17) is 5.73 Å². The molecule has 0 spiro atoms. The molecule has 0 aromatic carbocycles. The van der Waals surface area contributed by atoms with Crippen molar-refractivity contribution >= 4 is 0 Å². The van der Waals surface area contributed by atoms with Gasteiger partial charge in [-0.05, 0) is 32.3 Å². The second-order valence-corrected chi connectivity index (χ2v) is 4.84.